The third kappa shape index (κ3) is 8.09. The summed E-state index contributed by atoms with van der Waals surface area (Å²) in [7, 11) is -2.94. The van der Waals surface area contributed by atoms with Gasteiger partial charge in [-0.05, 0) is 35.7 Å². The Bertz CT molecular complexity index is 1810. The maximum absolute atomic E-state index is 14.4. The first-order valence-corrected chi connectivity index (χ1v) is 18.3. The average molecular weight is 702 g/mol. The van der Waals surface area contributed by atoms with E-state index in [0.717, 1.165) is 16.7 Å². The lowest BCUT2D eigenvalue weighted by Gasteiger charge is -2.51. The van der Waals surface area contributed by atoms with Gasteiger partial charge in [-0.2, -0.15) is 0 Å². The second-order valence-corrected chi connectivity index (χ2v) is 14.7. The Morgan fingerprint density at radius 2 is 1.22 bits per heavy atom. The van der Waals surface area contributed by atoms with Crippen molar-refractivity contribution in [2.24, 2.45) is 0 Å². The highest BCUT2D eigenvalue weighted by atomic mass is 32.2. The van der Waals surface area contributed by atoms with Crippen LogP contribution in [0, 0.1) is 0 Å². The van der Waals surface area contributed by atoms with Crippen molar-refractivity contribution in [3.8, 4) is 0 Å². The van der Waals surface area contributed by atoms with Gasteiger partial charge < -0.3 is 23.7 Å². The Morgan fingerprint density at radius 1 is 0.735 bits per heavy atom. The number of ether oxygens (including phenoxy) is 5. The van der Waals surface area contributed by atoms with E-state index in [0.29, 0.717) is 6.61 Å². The van der Waals surface area contributed by atoms with Gasteiger partial charge in [0.1, 0.15) is 23.2 Å². The van der Waals surface area contributed by atoms with Gasteiger partial charge in [-0.3, -0.25) is 0 Å². The lowest BCUT2D eigenvalue weighted by molar-refractivity contribution is -0.232. The standard InChI is InChI=1S/C38H39NO8S2/c1-27-35(38(40)43-2)48-36-34(46-25-30-19-11-5-12-20-30)33(45-24-29-17-9-4-10-18-29)32(26-44-23-28-15-7-3-8-16-28)47-37(36)39(27)49(41,42)31-21-13-6-14-22-31/h3-22,32-34,36-37H,23-26H2,1-2H3/t32-,33+,34+,36-,37+/m1/s1. The zero-order valence-electron chi connectivity index (χ0n) is 27.3. The van der Waals surface area contributed by atoms with E-state index in [1.165, 1.54) is 35.3 Å². The number of thioether (sulfide) groups is 1. The molecule has 0 bridgehead atoms. The molecule has 0 aromatic heterocycles. The van der Waals surface area contributed by atoms with Crippen LogP contribution in [-0.4, -0.2) is 62.2 Å². The smallest absolute Gasteiger partial charge is 0.346 e. The summed E-state index contributed by atoms with van der Waals surface area (Å²) in [6.45, 7) is 2.49. The SMILES string of the molecule is COC(=O)C1=C(C)N(S(=O)(=O)c2ccccc2)[C@H]2O[C@H](COCc3ccccc3)[C@H](OCc3ccccc3)[C@H](OCc3ccccc3)[C@H]2S1. The lowest BCUT2D eigenvalue weighted by Crippen LogP contribution is -2.65. The molecule has 0 aliphatic carbocycles. The lowest BCUT2D eigenvalue weighted by atomic mass is 9.99. The van der Waals surface area contributed by atoms with Crippen LogP contribution in [0.25, 0.3) is 0 Å². The molecule has 1 fully saturated rings. The van der Waals surface area contributed by atoms with E-state index in [4.69, 9.17) is 23.7 Å². The van der Waals surface area contributed by atoms with Gasteiger partial charge in [0.05, 0.1) is 43.7 Å². The zero-order chi connectivity index (χ0) is 34.2. The van der Waals surface area contributed by atoms with Gasteiger partial charge in [-0.15, -0.1) is 11.8 Å². The molecule has 0 N–H and O–H groups in total. The number of methoxy groups -OCH3 is 1. The van der Waals surface area contributed by atoms with Gasteiger partial charge in [-0.25, -0.2) is 17.5 Å². The van der Waals surface area contributed by atoms with Crippen LogP contribution >= 0.6 is 11.8 Å². The zero-order valence-corrected chi connectivity index (χ0v) is 28.9. The van der Waals surface area contributed by atoms with Crippen LogP contribution in [0.15, 0.2) is 137 Å². The molecule has 11 heteroatoms. The Labute approximate surface area is 291 Å². The summed E-state index contributed by atoms with van der Waals surface area (Å²) in [5.41, 5.74) is 3.07. The molecule has 5 atom stereocenters. The molecule has 1 saturated heterocycles. The van der Waals surface area contributed by atoms with Gasteiger partial charge in [0.15, 0.2) is 6.23 Å². The van der Waals surface area contributed by atoms with Gasteiger partial charge in [0.2, 0.25) is 0 Å². The Hall–Kier alpha value is -3.97. The number of carbonyl (C=O) groups excluding carboxylic acids is 1. The third-order valence-corrected chi connectivity index (χ3v) is 11.7. The van der Waals surface area contributed by atoms with Crippen LogP contribution in [0.3, 0.4) is 0 Å². The van der Waals surface area contributed by atoms with E-state index >= 15 is 0 Å². The first kappa shape index (κ1) is 34.9. The van der Waals surface area contributed by atoms with Crippen molar-refractivity contribution in [1.82, 2.24) is 4.31 Å². The minimum absolute atomic E-state index is 0.0638. The highest BCUT2D eigenvalue weighted by Crippen LogP contribution is 2.47. The van der Waals surface area contributed by atoms with Crippen molar-refractivity contribution < 1.29 is 36.9 Å². The summed E-state index contributed by atoms with van der Waals surface area (Å²) in [6, 6.07) is 37.4. The van der Waals surface area contributed by atoms with E-state index < -0.39 is 45.8 Å². The first-order chi connectivity index (χ1) is 23.9. The van der Waals surface area contributed by atoms with Gasteiger partial charge >= 0.3 is 5.97 Å². The molecule has 4 aromatic carbocycles. The number of rotatable bonds is 13. The Balaban J connectivity index is 1.42. The first-order valence-electron chi connectivity index (χ1n) is 16.0. The van der Waals surface area contributed by atoms with E-state index in [9.17, 15) is 13.2 Å². The molecule has 6 rings (SSSR count). The fourth-order valence-electron chi connectivity index (χ4n) is 5.96. The maximum atomic E-state index is 14.4. The molecular formula is C38H39NO8S2. The van der Waals surface area contributed by atoms with Crippen molar-refractivity contribution in [3.05, 3.63) is 149 Å². The second-order valence-electron chi connectivity index (χ2n) is 11.7. The molecule has 0 amide bonds. The summed E-state index contributed by atoms with van der Waals surface area (Å²) < 4.78 is 61.6. The number of esters is 1. The molecule has 0 saturated carbocycles. The molecule has 0 spiro atoms. The summed E-state index contributed by atoms with van der Waals surface area (Å²) >= 11 is 1.19. The molecule has 9 nitrogen and oxygen atoms in total. The highest BCUT2D eigenvalue weighted by Gasteiger charge is 2.55. The monoisotopic (exact) mass is 701 g/mol. The second kappa shape index (κ2) is 16.2. The van der Waals surface area contributed by atoms with Crippen molar-refractivity contribution in [3.63, 3.8) is 0 Å². The maximum Gasteiger partial charge on any atom is 0.346 e. The number of fused-ring (bicyclic) bond motifs is 1. The van der Waals surface area contributed by atoms with E-state index in [-0.39, 0.29) is 35.3 Å². The molecule has 49 heavy (non-hydrogen) atoms. The number of hydrogen-bond acceptors (Lipinski definition) is 9. The molecule has 0 radical (unpaired) electrons. The Kier molecular flexibility index (Phi) is 11.5. The predicted molar refractivity (Wildman–Crippen MR) is 186 cm³/mol. The summed E-state index contributed by atoms with van der Waals surface area (Å²) in [4.78, 5) is 13.4. The minimum atomic E-state index is -4.21. The van der Waals surface area contributed by atoms with Crippen molar-refractivity contribution >= 4 is 27.8 Å². The normalized spacial score (nSPS) is 22.4. The molecule has 2 aliphatic rings. The van der Waals surface area contributed by atoms with Gasteiger partial charge in [-0.1, -0.05) is 109 Å². The number of carbonyl (C=O) groups is 1. The number of allylic oxidation sites excluding steroid dienone is 1. The quantitative estimate of drug-likeness (QED) is 0.149. The van der Waals surface area contributed by atoms with Crippen molar-refractivity contribution in [2.45, 2.75) is 61.4 Å². The molecule has 4 aromatic rings. The number of nitrogens with zero attached hydrogens (tertiary/aromatic N) is 1. The number of sulfonamides is 1. The molecule has 2 heterocycles. The third-order valence-electron chi connectivity index (χ3n) is 8.39. The molecular weight excluding hydrogens is 663 g/mol. The highest BCUT2D eigenvalue weighted by molar-refractivity contribution is 8.04. The molecule has 2 aliphatic heterocycles. The summed E-state index contributed by atoms with van der Waals surface area (Å²) in [5, 5.41) is -0.717. The number of hydrogen-bond donors (Lipinski definition) is 0. The van der Waals surface area contributed by atoms with Crippen LogP contribution in [0.4, 0.5) is 0 Å². The largest absolute Gasteiger partial charge is 0.465 e. The van der Waals surface area contributed by atoms with Crippen LogP contribution in [-0.2, 0) is 58.3 Å². The fourth-order valence-corrected chi connectivity index (χ4v) is 9.12. The van der Waals surface area contributed by atoms with Crippen LogP contribution in [0.2, 0.25) is 0 Å². The fraction of sp³-hybridized carbons (Fsp3) is 0.289. The predicted octanol–water partition coefficient (Wildman–Crippen LogP) is 6.31. The minimum Gasteiger partial charge on any atom is -0.465 e. The number of benzene rings is 4. The summed E-state index contributed by atoms with van der Waals surface area (Å²) in [5.74, 6) is -0.647. The van der Waals surface area contributed by atoms with Crippen LogP contribution in [0.1, 0.15) is 23.6 Å². The van der Waals surface area contributed by atoms with Gasteiger partial charge in [0, 0.05) is 5.70 Å². The van der Waals surface area contributed by atoms with Crippen molar-refractivity contribution in [1.29, 1.82) is 0 Å². The van der Waals surface area contributed by atoms with Crippen molar-refractivity contribution in [2.75, 3.05) is 13.7 Å². The Morgan fingerprint density at radius 3 is 1.76 bits per heavy atom. The van der Waals surface area contributed by atoms with E-state index in [2.05, 4.69) is 0 Å². The van der Waals surface area contributed by atoms with Gasteiger partial charge in [0.25, 0.3) is 10.0 Å². The summed E-state index contributed by atoms with van der Waals surface area (Å²) in [6.07, 6.45) is -3.24. The van der Waals surface area contributed by atoms with Crippen LogP contribution < -0.4 is 0 Å². The topological polar surface area (TPSA) is 101 Å². The molecule has 0 unspecified atom stereocenters. The van der Waals surface area contributed by atoms with Crippen LogP contribution in [0.5, 0.6) is 0 Å². The molecule has 256 valence electrons. The van der Waals surface area contributed by atoms with E-state index in [1.807, 2.05) is 91.0 Å². The van der Waals surface area contributed by atoms with E-state index in [1.54, 1.807) is 25.1 Å². The average Bonchev–Trinajstić information content (AvgIpc) is 3.14.